The number of likely N-dealkylation sites (tertiary alicyclic amines) is 1. The Labute approximate surface area is 179 Å². The lowest BCUT2D eigenvalue weighted by atomic mass is 9.54. The third kappa shape index (κ3) is 3.91. The van der Waals surface area contributed by atoms with E-state index < -0.39 is 23.3 Å². The van der Waals surface area contributed by atoms with Gasteiger partial charge in [-0.15, -0.1) is 0 Å². The van der Waals surface area contributed by atoms with Gasteiger partial charge in [-0.3, -0.25) is 9.59 Å². The second-order valence-corrected chi connectivity index (χ2v) is 9.84. The fourth-order valence-corrected chi connectivity index (χ4v) is 6.39. The minimum Gasteiger partial charge on any atom is -0.349 e. The third-order valence-electron chi connectivity index (χ3n) is 7.85. The van der Waals surface area contributed by atoms with Crippen molar-refractivity contribution in [1.29, 1.82) is 0 Å². The van der Waals surface area contributed by atoms with Gasteiger partial charge in [0.05, 0.1) is 5.56 Å². The molecule has 1 aliphatic heterocycles. The number of hydrogen-bond acceptors (Lipinski definition) is 5. The predicted octanol–water partition coefficient (Wildman–Crippen LogP) is 4.07. The molecule has 1 saturated heterocycles. The largest absolute Gasteiger partial charge is 0.434 e. The number of amides is 1. The van der Waals surface area contributed by atoms with Crippen molar-refractivity contribution in [2.75, 3.05) is 18.4 Å². The third-order valence-corrected chi connectivity index (χ3v) is 7.85. The van der Waals surface area contributed by atoms with Crippen molar-refractivity contribution >= 4 is 17.6 Å². The van der Waals surface area contributed by atoms with Crippen molar-refractivity contribution in [2.24, 2.45) is 17.8 Å². The van der Waals surface area contributed by atoms with E-state index in [1.807, 2.05) is 0 Å². The van der Waals surface area contributed by atoms with Crippen LogP contribution in [0.1, 0.15) is 73.8 Å². The van der Waals surface area contributed by atoms with Crippen molar-refractivity contribution in [3.8, 4) is 0 Å². The fraction of sp³-hybridized carbons (Fsp3) is 0.727. The molecule has 0 spiro atoms. The van der Waals surface area contributed by atoms with Crippen molar-refractivity contribution in [3.05, 3.63) is 17.5 Å². The summed E-state index contributed by atoms with van der Waals surface area (Å²) >= 11 is 0. The molecule has 4 fully saturated rings. The molecule has 1 amide bonds. The van der Waals surface area contributed by atoms with Gasteiger partial charge in [-0.25, -0.2) is 9.97 Å². The van der Waals surface area contributed by atoms with E-state index in [1.54, 1.807) is 0 Å². The van der Waals surface area contributed by atoms with Crippen molar-refractivity contribution in [1.82, 2.24) is 14.9 Å². The maximum Gasteiger partial charge on any atom is 0.434 e. The first-order chi connectivity index (χ1) is 14.7. The Balaban J connectivity index is 1.41. The molecule has 1 N–H and O–H groups in total. The van der Waals surface area contributed by atoms with Gasteiger partial charge in [0.1, 0.15) is 5.78 Å². The zero-order valence-corrected chi connectivity index (χ0v) is 17.4. The van der Waals surface area contributed by atoms with E-state index in [2.05, 4.69) is 15.3 Å². The highest BCUT2D eigenvalue weighted by Gasteiger charge is 2.49. The number of anilines is 1. The minimum atomic E-state index is -4.77. The molecular formula is C22H27F3N4O2. The summed E-state index contributed by atoms with van der Waals surface area (Å²) in [4.78, 5) is 33.4. The van der Waals surface area contributed by atoms with E-state index in [0.29, 0.717) is 11.8 Å². The summed E-state index contributed by atoms with van der Waals surface area (Å²) in [7, 11) is 0. The van der Waals surface area contributed by atoms with Crippen LogP contribution in [0.2, 0.25) is 0 Å². The number of nitrogens with zero attached hydrogens (tertiary/aromatic N) is 3. The average molecular weight is 436 g/mol. The van der Waals surface area contributed by atoms with Crippen molar-refractivity contribution in [3.63, 3.8) is 0 Å². The Bertz CT molecular complexity index is 891. The van der Waals surface area contributed by atoms with Gasteiger partial charge >= 0.3 is 6.18 Å². The number of nitrogens with one attached hydrogen (secondary N) is 1. The van der Waals surface area contributed by atoms with Crippen LogP contribution in [0.15, 0.2) is 6.20 Å². The summed E-state index contributed by atoms with van der Waals surface area (Å²) in [6.45, 7) is 0.254. The minimum absolute atomic E-state index is 0.0159. The molecule has 1 aromatic rings. The monoisotopic (exact) mass is 436 g/mol. The number of hydrogen-bond donors (Lipinski definition) is 1. The van der Waals surface area contributed by atoms with Gasteiger partial charge < -0.3 is 10.2 Å². The van der Waals surface area contributed by atoms with Crippen LogP contribution in [0, 0.1) is 17.8 Å². The van der Waals surface area contributed by atoms with Crippen LogP contribution in [0.5, 0.6) is 0 Å². The lowest BCUT2D eigenvalue weighted by molar-refractivity contribution is -0.141. The summed E-state index contributed by atoms with van der Waals surface area (Å²) in [5.74, 6) is 1.20. The molecule has 2 heterocycles. The van der Waals surface area contributed by atoms with Crippen LogP contribution in [-0.2, 0) is 11.0 Å². The van der Waals surface area contributed by atoms with E-state index in [1.165, 1.54) is 24.2 Å². The Morgan fingerprint density at radius 1 is 1.13 bits per heavy atom. The maximum absolute atomic E-state index is 13.8. The number of carbonyl (C=O) groups excluding carboxylic acids is 2. The van der Waals surface area contributed by atoms with Gasteiger partial charge in [0.2, 0.25) is 5.95 Å². The molecule has 3 bridgehead atoms. The standard InChI is InChI=1S/C22H27F3N4O2/c23-22(24,25)18-17(19(31)29-7-4-16(30)5-8-29)12-26-20(27-18)28-21-6-3-14-2-1-13(10-21)9-15(14)11-21/h12-15H,1-11H2,(H,26,27,28). The van der Waals surface area contributed by atoms with Gasteiger partial charge in [0.15, 0.2) is 5.69 Å². The zero-order valence-electron chi connectivity index (χ0n) is 17.4. The van der Waals surface area contributed by atoms with Crippen LogP contribution in [0.25, 0.3) is 0 Å². The van der Waals surface area contributed by atoms with Gasteiger partial charge in [-0.1, -0.05) is 6.42 Å². The summed E-state index contributed by atoms with van der Waals surface area (Å²) in [5, 5.41) is 3.28. The number of aromatic nitrogens is 2. The van der Waals surface area contributed by atoms with E-state index in [9.17, 15) is 22.8 Å². The highest BCUT2D eigenvalue weighted by atomic mass is 19.4. The molecule has 4 unspecified atom stereocenters. The van der Waals surface area contributed by atoms with Gasteiger partial charge in [0, 0.05) is 37.7 Å². The summed E-state index contributed by atoms with van der Waals surface area (Å²) in [6, 6.07) is 0. The number of fused-ring (bicyclic) bond motifs is 2. The Morgan fingerprint density at radius 3 is 2.65 bits per heavy atom. The molecule has 0 radical (unpaired) electrons. The molecular weight excluding hydrogens is 409 g/mol. The first-order valence-corrected chi connectivity index (χ1v) is 11.3. The van der Waals surface area contributed by atoms with Gasteiger partial charge in [0.25, 0.3) is 5.91 Å². The molecule has 9 heteroatoms. The summed E-state index contributed by atoms with van der Waals surface area (Å²) < 4.78 is 41.5. The van der Waals surface area contributed by atoms with Gasteiger partial charge in [-0.05, 0) is 56.3 Å². The lowest BCUT2D eigenvalue weighted by Crippen LogP contribution is -2.53. The molecule has 3 saturated carbocycles. The number of piperidine rings is 1. The topological polar surface area (TPSA) is 75.2 Å². The maximum atomic E-state index is 13.8. The number of rotatable bonds is 3. The van der Waals surface area contributed by atoms with Crippen LogP contribution in [0.3, 0.4) is 0 Å². The van der Waals surface area contributed by atoms with Gasteiger partial charge in [-0.2, -0.15) is 13.2 Å². The normalized spacial score (nSPS) is 32.8. The van der Waals surface area contributed by atoms with Crippen LogP contribution in [0.4, 0.5) is 19.1 Å². The van der Waals surface area contributed by atoms with E-state index in [-0.39, 0.29) is 43.2 Å². The van der Waals surface area contributed by atoms with Crippen molar-refractivity contribution in [2.45, 2.75) is 69.5 Å². The predicted molar refractivity (Wildman–Crippen MR) is 106 cm³/mol. The smallest absolute Gasteiger partial charge is 0.349 e. The lowest BCUT2D eigenvalue weighted by Gasteiger charge is -2.55. The number of halogens is 3. The first-order valence-electron chi connectivity index (χ1n) is 11.3. The number of ketones is 1. The average Bonchev–Trinajstić information content (AvgIpc) is 2.72. The SMILES string of the molecule is O=C1CCN(C(=O)c2cnc(NC34CCC5CCC(CC5C3)C4)nc2C(F)(F)F)CC1. The molecule has 1 aromatic heterocycles. The molecule has 31 heavy (non-hydrogen) atoms. The Morgan fingerprint density at radius 2 is 1.90 bits per heavy atom. The summed E-state index contributed by atoms with van der Waals surface area (Å²) in [6.07, 6.45) is 4.21. The second-order valence-electron chi connectivity index (χ2n) is 9.84. The van der Waals surface area contributed by atoms with Crippen LogP contribution < -0.4 is 5.32 Å². The van der Waals surface area contributed by atoms with Crippen molar-refractivity contribution < 1.29 is 22.8 Å². The Hall–Kier alpha value is -2.19. The molecule has 168 valence electrons. The fourth-order valence-electron chi connectivity index (χ4n) is 6.39. The first kappa shape index (κ1) is 20.7. The van der Waals surface area contributed by atoms with E-state index >= 15 is 0 Å². The van der Waals surface area contributed by atoms with Crippen LogP contribution in [-0.4, -0.2) is 45.2 Å². The highest BCUT2D eigenvalue weighted by molar-refractivity contribution is 5.96. The molecule has 3 aliphatic carbocycles. The number of Topliss-reactive ketones (excluding diaryl/α,β-unsaturated/α-hetero) is 1. The number of alkyl halides is 3. The molecule has 6 nitrogen and oxygen atoms in total. The van der Waals surface area contributed by atoms with E-state index in [4.69, 9.17) is 0 Å². The second kappa shape index (κ2) is 7.45. The molecule has 4 atom stereocenters. The molecule has 0 aromatic carbocycles. The number of carbonyl (C=O) groups is 2. The molecule has 4 aliphatic rings. The highest BCUT2D eigenvalue weighted by Crippen LogP contribution is 2.55. The molecule has 5 rings (SSSR count). The zero-order chi connectivity index (χ0) is 21.8. The van der Waals surface area contributed by atoms with Crippen LogP contribution >= 0.6 is 0 Å². The van der Waals surface area contributed by atoms with E-state index in [0.717, 1.165) is 37.8 Å². The Kier molecular flexibility index (Phi) is 4.97. The quantitative estimate of drug-likeness (QED) is 0.773. The summed E-state index contributed by atoms with van der Waals surface area (Å²) in [5.41, 5.74) is -1.99.